The Morgan fingerprint density at radius 2 is 2.04 bits per heavy atom. The second kappa shape index (κ2) is 10.2. The van der Waals surface area contributed by atoms with Gasteiger partial charge in [-0.15, -0.1) is 0 Å². The minimum Gasteiger partial charge on any atom is -0.469 e. The van der Waals surface area contributed by atoms with Crippen molar-refractivity contribution in [1.82, 2.24) is 15.5 Å². The van der Waals surface area contributed by atoms with E-state index in [0.29, 0.717) is 6.04 Å². The average Bonchev–Trinajstić information content (AvgIpc) is 3.13. The molecule has 0 saturated heterocycles. The molecule has 1 aromatic heterocycles. The highest BCUT2D eigenvalue weighted by Gasteiger charge is 2.23. The molecular formula is C20H34N4O2. The Hall–Kier alpha value is -1.98. The number of furan rings is 1. The Kier molecular flexibility index (Phi) is 8.01. The van der Waals surface area contributed by atoms with E-state index in [0.717, 1.165) is 49.4 Å². The lowest BCUT2D eigenvalue weighted by atomic mass is 9.80. The van der Waals surface area contributed by atoms with Crippen LogP contribution in [0.25, 0.3) is 0 Å². The van der Waals surface area contributed by atoms with Crippen LogP contribution >= 0.6 is 0 Å². The van der Waals surface area contributed by atoms with Crippen molar-refractivity contribution in [3.8, 4) is 0 Å². The van der Waals surface area contributed by atoms with Crippen LogP contribution in [0.2, 0.25) is 0 Å². The minimum atomic E-state index is 0.000602. The van der Waals surface area contributed by atoms with Crippen molar-refractivity contribution < 1.29 is 9.21 Å². The van der Waals surface area contributed by atoms with E-state index in [1.54, 1.807) is 25.3 Å². The minimum absolute atomic E-state index is 0.000602. The summed E-state index contributed by atoms with van der Waals surface area (Å²) >= 11 is 0. The summed E-state index contributed by atoms with van der Waals surface area (Å²) in [5.41, 5.74) is 0. The number of guanidine groups is 1. The molecule has 0 aromatic carbocycles. The number of likely N-dealkylation sites (N-methyl/N-ethyl adjacent to an activating group) is 1. The molecule has 1 aliphatic carbocycles. The first-order valence-electron chi connectivity index (χ1n) is 9.73. The molecule has 0 bridgehead atoms. The molecule has 0 radical (unpaired) electrons. The number of nitrogens with zero attached hydrogens (tertiary/aromatic N) is 2. The molecule has 1 aliphatic rings. The summed E-state index contributed by atoms with van der Waals surface area (Å²) < 4.78 is 5.37. The number of rotatable bonds is 7. The lowest BCUT2D eigenvalue weighted by Gasteiger charge is -2.32. The third-order valence-corrected chi connectivity index (χ3v) is 5.17. The fraction of sp³-hybridized carbons (Fsp3) is 0.700. The van der Waals surface area contributed by atoms with Crippen LogP contribution in [-0.4, -0.2) is 50.0 Å². The number of amides is 1. The van der Waals surface area contributed by atoms with Gasteiger partial charge in [-0.2, -0.15) is 0 Å². The number of nitrogens with one attached hydrogen (secondary N) is 2. The molecule has 1 aromatic rings. The van der Waals surface area contributed by atoms with Crippen LogP contribution in [0.3, 0.4) is 0 Å². The monoisotopic (exact) mass is 362 g/mol. The summed E-state index contributed by atoms with van der Waals surface area (Å²) in [6.07, 6.45) is 7.30. The number of carbonyl (C=O) groups is 1. The van der Waals surface area contributed by atoms with Gasteiger partial charge >= 0.3 is 0 Å². The van der Waals surface area contributed by atoms with Crippen molar-refractivity contribution in [2.75, 3.05) is 27.2 Å². The molecule has 1 heterocycles. The lowest BCUT2D eigenvalue weighted by molar-refractivity contribution is -0.127. The zero-order valence-electron chi connectivity index (χ0n) is 16.6. The van der Waals surface area contributed by atoms with Crippen molar-refractivity contribution in [2.45, 2.75) is 52.0 Å². The van der Waals surface area contributed by atoms with Crippen molar-refractivity contribution in [3.63, 3.8) is 0 Å². The summed E-state index contributed by atoms with van der Waals surface area (Å²) in [7, 11) is 3.50. The number of aliphatic imine (C=N–C) groups is 1. The van der Waals surface area contributed by atoms with E-state index in [4.69, 9.17) is 4.42 Å². The summed E-state index contributed by atoms with van der Waals surface area (Å²) in [4.78, 5) is 17.9. The number of hydrogen-bond acceptors (Lipinski definition) is 3. The molecule has 1 fully saturated rings. The predicted octanol–water partition coefficient (Wildman–Crippen LogP) is 2.66. The predicted molar refractivity (Wildman–Crippen MR) is 105 cm³/mol. The summed E-state index contributed by atoms with van der Waals surface area (Å²) in [5, 5.41) is 6.87. The van der Waals surface area contributed by atoms with Gasteiger partial charge in [0.1, 0.15) is 12.3 Å². The van der Waals surface area contributed by atoms with Crippen LogP contribution in [0.5, 0.6) is 0 Å². The first kappa shape index (κ1) is 20.3. The molecule has 146 valence electrons. The standard InChI is InChI=1S/C20H34N4O2/c1-15(2)16-7-9-17(10-8-16)23-20(22-14-19(25)24(3)4)21-12-11-18-6-5-13-26-18/h5-6,13,15-17H,7-12,14H2,1-4H3,(H2,21,22,23). The van der Waals surface area contributed by atoms with E-state index in [1.807, 2.05) is 12.1 Å². The Bertz CT molecular complexity index is 558. The van der Waals surface area contributed by atoms with E-state index < -0.39 is 0 Å². The van der Waals surface area contributed by atoms with Gasteiger partial charge in [0.05, 0.1) is 6.26 Å². The molecule has 1 saturated carbocycles. The molecule has 0 unspecified atom stereocenters. The summed E-state index contributed by atoms with van der Waals surface area (Å²) in [6, 6.07) is 4.29. The highest BCUT2D eigenvalue weighted by Crippen LogP contribution is 2.29. The maximum absolute atomic E-state index is 11.9. The normalized spacial score (nSPS) is 20.9. The van der Waals surface area contributed by atoms with Crippen LogP contribution in [0.1, 0.15) is 45.3 Å². The molecule has 6 heteroatoms. The third kappa shape index (κ3) is 6.73. The van der Waals surface area contributed by atoms with Gasteiger partial charge < -0.3 is 20.0 Å². The molecule has 2 N–H and O–H groups in total. The SMILES string of the molecule is CC(C)C1CCC(NC(=NCC(=O)N(C)C)NCCc2ccco2)CC1. The highest BCUT2D eigenvalue weighted by molar-refractivity contribution is 5.84. The van der Waals surface area contributed by atoms with Crippen LogP contribution in [0, 0.1) is 11.8 Å². The Balaban J connectivity index is 1.87. The van der Waals surface area contributed by atoms with Crippen molar-refractivity contribution in [1.29, 1.82) is 0 Å². The van der Waals surface area contributed by atoms with Gasteiger partial charge in [0.25, 0.3) is 0 Å². The van der Waals surface area contributed by atoms with Gasteiger partial charge in [-0.05, 0) is 49.7 Å². The lowest BCUT2D eigenvalue weighted by Crippen LogP contribution is -2.46. The smallest absolute Gasteiger partial charge is 0.243 e. The largest absolute Gasteiger partial charge is 0.469 e. The molecule has 6 nitrogen and oxygen atoms in total. The van der Waals surface area contributed by atoms with Gasteiger partial charge in [0.15, 0.2) is 5.96 Å². The van der Waals surface area contributed by atoms with Gasteiger partial charge in [-0.1, -0.05) is 13.8 Å². The Morgan fingerprint density at radius 3 is 2.62 bits per heavy atom. The summed E-state index contributed by atoms with van der Waals surface area (Å²) in [6.45, 7) is 5.50. The van der Waals surface area contributed by atoms with E-state index in [-0.39, 0.29) is 12.5 Å². The second-order valence-corrected chi connectivity index (χ2v) is 7.71. The zero-order valence-corrected chi connectivity index (χ0v) is 16.6. The second-order valence-electron chi connectivity index (χ2n) is 7.71. The molecule has 1 amide bonds. The van der Waals surface area contributed by atoms with Gasteiger partial charge in [-0.25, -0.2) is 4.99 Å². The average molecular weight is 363 g/mol. The topological polar surface area (TPSA) is 69.9 Å². The number of carbonyl (C=O) groups excluding carboxylic acids is 1. The van der Waals surface area contributed by atoms with Crippen molar-refractivity contribution in [2.24, 2.45) is 16.8 Å². The quantitative estimate of drug-likeness (QED) is 0.578. The molecule has 0 atom stereocenters. The Labute approximate surface area is 157 Å². The molecule has 0 spiro atoms. The van der Waals surface area contributed by atoms with Gasteiger partial charge in [-0.3, -0.25) is 4.79 Å². The van der Waals surface area contributed by atoms with Crippen LogP contribution in [-0.2, 0) is 11.2 Å². The number of hydrogen-bond donors (Lipinski definition) is 2. The third-order valence-electron chi connectivity index (χ3n) is 5.17. The van der Waals surface area contributed by atoms with E-state index in [1.165, 1.54) is 12.8 Å². The summed E-state index contributed by atoms with van der Waals surface area (Å²) in [5.74, 6) is 3.25. The highest BCUT2D eigenvalue weighted by atomic mass is 16.3. The van der Waals surface area contributed by atoms with E-state index >= 15 is 0 Å². The maximum atomic E-state index is 11.9. The first-order chi connectivity index (χ1) is 12.5. The van der Waals surface area contributed by atoms with E-state index in [9.17, 15) is 4.79 Å². The Morgan fingerprint density at radius 1 is 1.31 bits per heavy atom. The molecule has 2 rings (SSSR count). The van der Waals surface area contributed by atoms with Crippen molar-refractivity contribution in [3.05, 3.63) is 24.2 Å². The van der Waals surface area contributed by atoms with Gasteiger partial charge in [0, 0.05) is 33.1 Å². The molecular weight excluding hydrogens is 328 g/mol. The van der Waals surface area contributed by atoms with Crippen molar-refractivity contribution >= 4 is 11.9 Å². The fourth-order valence-electron chi connectivity index (χ4n) is 3.32. The molecule has 26 heavy (non-hydrogen) atoms. The van der Waals surface area contributed by atoms with Crippen LogP contribution in [0.4, 0.5) is 0 Å². The first-order valence-corrected chi connectivity index (χ1v) is 9.73. The zero-order chi connectivity index (χ0) is 18.9. The maximum Gasteiger partial charge on any atom is 0.243 e. The van der Waals surface area contributed by atoms with Gasteiger partial charge in [0.2, 0.25) is 5.91 Å². The van der Waals surface area contributed by atoms with E-state index in [2.05, 4.69) is 29.5 Å². The van der Waals surface area contributed by atoms with Crippen LogP contribution in [0.15, 0.2) is 27.8 Å². The fourth-order valence-corrected chi connectivity index (χ4v) is 3.32. The molecule has 0 aliphatic heterocycles. The van der Waals surface area contributed by atoms with Crippen LogP contribution < -0.4 is 10.6 Å².